The van der Waals surface area contributed by atoms with Crippen molar-refractivity contribution >= 4 is 32.6 Å². The number of aromatic nitrogens is 1. The van der Waals surface area contributed by atoms with E-state index in [1.54, 1.807) is 4.90 Å². The van der Waals surface area contributed by atoms with E-state index in [1.165, 1.54) is 17.4 Å². The molecule has 146 valence electrons. The normalized spacial score (nSPS) is 14.5. The number of amides is 1. The van der Waals surface area contributed by atoms with Crippen LogP contribution in [0.25, 0.3) is 10.2 Å². The standard InChI is InChI=1S/C20H19F2N3O2S/c1-13-3-2-4-15(9-13)27-12-18(26)24-5-7-25(8-6-24)20-23-19-16(22)10-14(21)11-17(19)28-20/h2-4,9-11H,5-8,12H2,1H3. The van der Waals surface area contributed by atoms with Crippen LogP contribution in [0.5, 0.6) is 5.75 Å². The number of benzene rings is 2. The van der Waals surface area contributed by atoms with Gasteiger partial charge in [-0.3, -0.25) is 4.79 Å². The van der Waals surface area contributed by atoms with Crippen molar-refractivity contribution < 1.29 is 18.3 Å². The highest BCUT2D eigenvalue weighted by Gasteiger charge is 2.24. The zero-order valence-corrected chi connectivity index (χ0v) is 16.1. The third-order valence-electron chi connectivity index (χ3n) is 4.66. The average Bonchev–Trinajstić information content (AvgIpc) is 3.11. The topological polar surface area (TPSA) is 45.7 Å². The number of ether oxygens (including phenoxy) is 1. The Kier molecular flexibility index (Phi) is 5.13. The van der Waals surface area contributed by atoms with Gasteiger partial charge in [0.1, 0.15) is 17.1 Å². The molecule has 2 heterocycles. The monoisotopic (exact) mass is 403 g/mol. The molecule has 8 heteroatoms. The van der Waals surface area contributed by atoms with Gasteiger partial charge in [-0.2, -0.15) is 0 Å². The largest absolute Gasteiger partial charge is 0.484 e. The predicted octanol–water partition coefficient (Wildman–Crippen LogP) is 3.61. The molecular formula is C20H19F2N3O2S. The molecule has 0 N–H and O–H groups in total. The molecular weight excluding hydrogens is 384 g/mol. The van der Waals surface area contributed by atoms with Crippen molar-refractivity contribution in [3.63, 3.8) is 0 Å². The summed E-state index contributed by atoms with van der Waals surface area (Å²) in [6.07, 6.45) is 0. The first-order valence-corrected chi connectivity index (χ1v) is 9.79. The molecule has 1 aliphatic rings. The Hall–Kier alpha value is -2.74. The van der Waals surface area contributed by atoms with E-state index in [2.05, 4.69) is 4.98 Å². The lowest BCUT2D eigenvalue weighted by atomic mass is 10.2. The highest BCUT2D eigenvalue weighted by Crippen LogP contribution is 2.31. The van der Waals surface area contributed by atoms with Crippen LogP contribution in [-0.4, -0.2) is 48.6 Å². The van der Waals surface area contributed by atoms with E-state index in [4.69, 9.17) is 4.74 Å². The first kappa shape index (κ1) is 18.6. The van der Waals surface area contributed by atoms with Gasteiger partial charge < -0.3 is 14.5 Å². The number of carbonyl (C=O) groups excluding carboxylic acids is 1. The highest BCUT2D eigenvalue weighted by molar-refractivity contribution is 7.22. The van der Waals surface area contributed by atoms with Crippen LogP contribution in [0.1, 0.15) is 5.56 Å². The van der Waals surface area contributed by atoms with E-state index < -0.39 is 11.6 Å². The van der Waals surface area contributed by atoms with Gasteiger partial charge in [-0.15, -0.1) is 0 Å². The third kappa shape index (κ3) is 3.91. The van der Waals surface area contributed by atoms with Crippen molar-refractivity contribution in [2.45, 2.75) is 6.92 Å². The minimum Gasteiger partial charge on any atom is -0.484 e. The number of nitrogens with zero attached hydrogens (tertiary/aromatic N) is 3. The van der Waals surface area contributed by atoms with Gasteiger partial charge in [0.2, 0.25) is 0 Å². The van der Waals surface area contributed by atoms with Crippen LogP contribution >= 0.6 is 11.3 Å². The predicted molar refractivity (Wildman–Crippen MR) is 105 cm³/mol. The Bertz CT molecular complexity index is 1020. The van der Waals surface area contributed by atoms with Crippen molar-refractivity contribution in [1.29, 1.82) is 0 Å². The fourth-order valence-corrected chi connectivity index (χ4v) is 4.23. The molecule has 3 aromatic rings. The molecule has 1 aliphatic heterocycles. The summed E-state index contributed by atoms with van der Waals surface area (Å²) in [6.45, 7) is 4.19. The maximum Gasteiger partial charge on any atom is 0.260 e. The summed E-state index contributed by atoms with van der Waals surface area (Å²) in [5.41, 5.74) is 1.26. The summed E-state index contributed by atoms with van der Waals surface area (Å²) in [6, 6.07) is 9.71. The maximum absolute atomic E-state index is 13.9. The lowest BCUT2D eigenvalue weighted by Gasteiger charge is -2.34. The van der Waals surface area contributed by atoms with E-state index in [1.807, 2.05) is 36.1 Å². The second-order valence-corrected chi connectivity index (χ2v) is 7.71. The molecule has 1 saturated heterocycles. The molecule has 0 unspecified atom stereocenters. The van der Waals surface area contributed by atoms with Crippen LogP contribution in [0, 0.1) is 18.6 Å². The van der Waals surface area contributed by atoms with Crippen molar-refractivity contribution in [3.8, 4) is 5.75 Å². The van der Waals surface area contributed by atoms with E-state index >= 15 is 0 Å². The molecule has 0 spiro atoms. The number of fused-ring (bicyclic) bond motifs is 1. The number of carbonyl (C=O) groups is 1. The number of hydrogen-bond donors (Lipinski definition) is 0. The summed E-state index contributed by atoms with van der Waals surface area (Å²) in [5.74, 6) is -0.655. The summed E-state index contributed by atoms with van der Waals surface area (Å²) in [5, 5.41) is 0.641. The minimum atomic E-state index is -0.653. The average molecular weight is 403 g/mol. The Balaban J connectivity index is 1.35. The van der Waals surface area contributed by atoms with Crippen LogP contribution in [0.4, 0.5) is 13.9 Å². The molecule has 5 nitrogen and oxygen atoms in total. The van der Waals surface area contributed by atoms with E-state index in [9.17, 15) is 13.6 Å². The summed E-state index contributed by atoms with van der Waals surface area (Å²) >= 11 is 1.26. The molecule has 0 bridgehead atoms. The highest BCUT2D eigenvalue weighted by atomic mass is 32.1. The smallest absolute Gasteiger partial charge is 0.260 e. The molecule has 4 rings (SSSR count). The van der Waals surface area contributed by atoms with Crippen LogP contribution in [0.3, 0.4) is 0 Å². The fourth-order valence-electron chi connectivity index (χ4n) is 3.17. The Labute approximate surface area is 165 Å². The summed E-state index contributed by atoms with van der Waals surface area (Å²) in [4.78, 5) is 20.4. The van der Waals surface area contributed by atoms with Gasteiger partial charge in [0.15, 0.2) is 17.6 Å². The number of piperazine rings is 1. The van der Waals surface area contributed by atoms with Gasteiger partial charge in [-0.05, 0) is 30.7 Å². The third-order valence-corrected chi connectivity index (χ3v) is 5.72. The summed E-state index contributed by atoms with van der Waals surface area (Å²) in [7, 11) is 0. The zero-order chi connectivity index (χ0) is 19.7. The molecule has 1 amide bonds. The maximum atomic E-state index is 13.9. The van der Waals surface area contributed by atoms with Crippen LogP contribution in [-0.2, 0) is 4.79 Å². The van der Waals surface area contributed by atoms with E-state index in [0.717, 1.165) is 11.6 Å². The van der Waals surface area contributed by atoms with Gasteiger partial charge >= 0.3 is 0 Å². The van der Waals surface area contributed by atoms with Gasteiger partial charge in [-0.25, -0.2) is 13.8 Å². The molecule has 1 aromatic heterocycles. The van der Waals surface area contributed by atoms with Gasteiger partial charge in [0.25, 0.3) is 5.91 Å². The second-order valence-electron chi connectivity index (χ2n) is 6.70. The molecule has 0 aliphatic carbocycles. The fraction of sp³-hybridized carbons (Fsp3) is 0.300. The number of halogens is 2. The van der Waals surface area contributed by atoms with Crippen LogP contribution < -0.4 is 9.64 Å². The molecule has 2 aromatic carbocycles. The quantitative estimate of drug-likeness (QED) is 0.668. The number of hydrogen-bond acceptors (Lipinski definition) is 5. The molecule has 1 fully saturated rings. The first-order chi connectivity index (χ1) is 13.5. The second kappa shape index (κ2) is 7.71. The van der Waals surface area contributed by atoms with Crippen molar-refractivity contribution in [2.75, 3.05) is 37.7 Å². The van der Waals surface area contributed by atoms with Gasteiger partial charge in [0, 0.05) is 32.2 Å². The van der Waals surface area contributed by atoms with E-state index in [-0.39, 0.29) is 18.0 Å². The lowest BCUT2D eigenvalue weighted by Crippen LogP contribution is -2.50. The van der Waals surface area contributed by atoms with Gasteiger partial charge in [0.05, 0.1) is 4.70 Å². The summed E-state index contributed by atoms with van der Waals surface area (Å²) < 4.78 is 33.3. The van der Waals surface area contributed by atoms with E-state index in [0.29, 0.717) is 41.8 Å². The minimum absolute atomic E-state index is 0.00488. The molecule has 0 saturated carbocycles. The Morgan fingerprint density at radius 2 is 1.96 bits per heavy atom. The molecule has 0 atom stereocenters. The number of anilines is 1. The van der Waals surface area contributed by atoms with Gasteiger partial charge in [-0.1, -0.05) is 23.5 Å². The van der Waals surface area contributed by atoms with Crippen molar-refractivity contribution in [2.24, 2.45) is 0 Å². The SMILES string of the molecule is Cc1cccc(OCC(=O)N2CCN(c3nc4c(F)cc(F)cc4s3)CC2)c1. The van der Waals surface area contributed by atoms with Crippen molar-refractivity contribution in [1.82, 2.24) is 9.88 Å². The number of aryl methyl sites for hydroxylation is 1. The molecule has 0 radical (unpaired) electrons. The zero-order valence-electron chi connectivity index (χ0n) is 15.3. The lowest BCUT2D eigenvalue weighted by molar-refractivity contribution is -0.133. The van der Waals surface area contributed by atoms with Crippen LogP contribution in [0.2, 0.25) is 0 Å². The number of thiazole rings is 1. The van der Waals surface area contributed by atoms with Crippen LogP contribution in [0.15, 0.2) is 36.4 Å². The Morgan fingerprint density at radius 1 is 1.18 bits per heavy atom. The molecule has 28 heavy (non-hydrogen) atoms. The van der Waals surface area contributed by atoms with Crippen molar-refractivity contribution in [3.05, 3.63) is 53.6 Å². The Morgan fingerprint density at radius 3 is 2.71 bits per heavy atom. The number of rotatable bonds is 4. The first-order valence-electron chi connectivity index (χ1n) is 8.97.